The Balaban J connectivity index is 1.18. The van der Waals surface area contributed by atoms with Gasteiger partial charge in [-0.05, 0) is 43.7 Å². The van der Waals surface area contributed by atoms with Crippen LogP contribution in [0.2, 0.25) is 0 Å². The highest BCUT2D eigenvalue weighted by Gasteiger charge is 2.41. The quantitative estimate of drug-likeness (QED) is 0.726. The molecule has 1 spiro atoms. The van der Waals surface area contributed by atoms with Gasteiger partial charge < -0.3 is 9.64 Å². The topological polar surface area (TPSA) is 63.5 Å². The molecule has 7 nitrogen and oxygen atoms in total. The van der Waals surface area contributed by atoms with Crippen molar-refractivity contribution in [2.45, 2.75) is 70.6 Å². The highest BCUT2D eigenvalue weighted by Crippen LogP contribution is 2.44. The molecule has 2 aromatic heterocycles. The van der Waals surface area contributed by atoms with Crippen molar-refractivity contribution in [1.29, 1.82) is 0 Å². The Morgan fingerprint density at radius 2 is 2.03 bits per heavy atom. The average Bonchev–Trinajstić information content (AvgIpc) is 3.43. The molecule has 3 aliphatic rings. The Bertz CT molecular complexity index is 922. The second kappa shape index (κ2) is 8.64. The number of nitrogens with zero attached hydrogens (tertiary/aromatic N) is 5. The number of ether oxygens (including phenoxy) is 1. The molecule has 0 aromatic carbocycles. The zero-order valence-electron chi connectivity index (χ0n) is 18.7. The maximum Gasteiger partial charge on any atom is 0.219 e. The van der Waals surface area contributed by atoms with Crippen LogP contribution < -0.4 is 0 Å². The normalized spacial score (nSPS) is 22.1. The highest BCUT2D eigenvalue weighted by molar-refractivity contribution is 7.12. The van der Waals surface area contributed by atoms with E-state index in [1.54, 1.807) is 11.8 Å². The van der Waals surface area contributed by atoms with Crippen LogP contribution in [-0.4, -0.2) is 63.5 Å². The Kier molecular flexibility index (Phi) is 5.88. The molecule has 0 bridgehead atoms. The van der Waals surface area contributed by atoms with Crippen LogP contribution in [0.3, 0.4) is 0 Å². The van der Waals surface area contributed by atoms with Crippen LogP contribution >= 0.6 is 11.3 Å². The number of hydrogen-bond donors (Lipinski definition) is 0. The second-order valence-corrected chi connectivity index (χ2v) is 10.4. The third-order valence-corrected chi connectivity index (χ3v) is 8.64. The lowest BCUT2D eigenvalue weighted by atomic mass is 9.82. The fourth-order valence-corrected chi connectivity index (χ4v) is 6.55. The summed E-state index contributed by atoms with van der Waals surface area (Å²) in [6.07, 6.45) is 8.31. The maximum absolute atomic E-state index is 11.5. The number of thiophene rings is 1. The van der Waals surface area contributed by atoms with Gasteiger partial charge in [-0.2, -0.15) is 0 Å². The third-order valence-electron chi connectivity index (χ3n) is 7.30. The van der Waals surface area contributed by atoms with E-state index < -0.39 is 0 Å². The SMILES string of the molecule is CCc1cc2c(s1)CCOC21CCN(Cc2cn(C3CCN(C(C)=O)CC3)nn2)CC1. The third kappa shape index (κ3) is 4.17. The first-order valence-electron chi connectivity index (χ1n) is 11.7. The lowest BCUT2D eigenvalue weighted by Gasteiger charge is -2.44. The van der Waals surface area contributed by atoms with Gasteiger partial charge >= 0.3 is 0 Å². The van der Waals surface area contributed by atoms with Gasteiger partial charge in [0.25, 0.3) is 0 Å². The molecule has 0 N–H and O–H groups in total. The monoisotopic (exact) mass is 443 g/mol. The summed E-state index contributed by atoms with van der Waals surface area (Å²) in [5.41, 5.74) is 2.44. The molecule has 168 valence electrons. The van der Waals surface area contributed by atoms with Crippen LogP contribution in [0.4, 0.5) is 0 Å². The first-order valence-corrected chi connectivity index (χ1v) is 12.5. The molecule has 3 aliphatic heterocycles. The molecule has 0 atom stereocenters. The Morgan fingerprint density at radius 1 is 1.26 bits per heavy atom. The number of aromatic nitrogens is 3. The molecular weight excluding hydrogens is 410 g/mol. The van der Waals surface area contributed by atoms with Gasteiger partial charge in [0.1, 0.15) is 0 Å². The van der Waals surface area contributed by atoms with Gasteiger partial charge in [0.2, 0.25) is 5.91 Å². The summed E-state index contributed by atoms with van der Waals surface area (Å²) in [4.78, 5) is 19.0. The van der Waals surface area contributed by atoms with Crippen molar-refractivity contribution in [3.05, 3.63) is 33.3 Å². The van der Waals surface area contributed by atoms with E-state index in [0.29, 0.717) is 6.04 Å². The van der Waals surface area contributed by atoms with E-state index in [-0.39, 0.29) is 11.5 Å². The van der Waals surface area contributed by atoms with Gasteiger partial charge in [-0.25, -0.2) is 4.68 Å². The van der Waals surface area contributed by atoms with Gasteiger partial charge in [0.15, 0.2) is 0 Å². The molecule has 8 heteroatoms. The lowest BCUT2D eigenvalue weighted by molar-refractivity contribution is -0.130. The molecule has 1 amide bonds. The minimum Gasteiger partial charge on any atom is -0.370 e. The molecule has 5 heterocycles. The summed E-state index contributed by atoms with van der Waals surface area (Å²) in [7, 11) is 0. The van der Waals surface area contributed by atoms with E-state index >= 15 is 0 Å². The molecule has 0 saturated carbocycles. The van der Waals surface area contributed by atoms with Gasteiger partial charge in [0, 0.05) is 55.8 Å². The highest BCUT2D eigenvalue weighted by atomic mass is 32.1. The van der Waals surface area contributed by atoms with Crippen molar-refractivity contribution in [1.82, 2.24) is 24.8 Å². The van der Waals surface area contributed by atoms with Crippen molar-refractivity contribution >= 4 is 17.2 Å². The minimum atomic E-state index is -0.0731. The van der Waals surface area contributed by atoms with Gasteiger partial charge in [0.05, 0.1) is 30.1 Å². The average molecular weight is 444 g/mol. The van der Waals surface area contributed by atoms with Crippen LogP contribution in [0.1, 0.15) is 66.6 Å². The van der Waals surface area contributed by atoms with E-state index in [1.807, 2.05) is 20.9 Å². The number of amides is 1. The standard InChI is InChI=1S/C23H33N5O2S/c1-3-20-14-21-22(31-20)6-13-30-23(21)7-11-26(12-8-23)15-18-16-28(25-24-18)19-4-9-27(10-5-19)17(2)29/h14,16,19H,3-13,15H2,1-2H3. The van der Waals surface area contributed by atoms with Crippen LogP contribution in [-0.2, 0) is 34.5 Å². The predicted octanol–water partition coefficient (Wildman–Crippen LogP) is 3.15. The number of fused-ring (bicyclic) bond motifs is 2. The van der Waals surface area contributed by atoms with E-state index in [4.69, 9.17) is 4.74 Å². The van der Waals surface area contributed by atoms with Gasteiger partial charge in [-0.15, -0.1) is 16.4 Å². The summed E-state index contributed by atoms with van der Waals surface area (Å²) in [5, 5.41) is 8.87. The molecule has 2 fully saturated rings. The molecule has 31 heavy (non-hydrogen) atoms. The lowest BCUT2D eigenvalue weighted by Crippen LogP contribution is -2.45. The van der Waals surface area contributed by atoms with Crippen molar-refractivity contribution in [3.63, 3.8) is 0 Å². The van der Waals surface area contributed by atoms with E-state index in [0.717, 1.165) is 83.5 Å². The number of hydrogen-bond acceptors (Lipinski definition) is 6. The predicted molar refractivity (Wildman–Crippen MR) is 120 cm³/mol. The number of likely N-dealkylation sites (tertiary alicyclic amines) is 2. The largest absolute Gasteiger partial charge is 0.370 e. The van der Waals surface area contributed by atoms with Crippen LogP contribution in [0.25, 0.3) is 0 Å². The summed E-state index contributed by atoms with van der Waals surface area (Å²) >= 11 is 1.99. The maximum atomic E-state index is 11.5. The number of carbonyl (C=O) groups is 1. The first-order chi connectivity index (χ1) is 15.1. The summed E-state index contributed by atoms with van der Waals surface area (Å²) < 4.78 is 8.44. The summed E-state index contributed by atoms with van der Waals surface area (Å²) in [6, 6.07) is 2.76. The summed E-state index contributed by atoms with van der Waals surface area (Å²) in [5.74, 6) is 0.169. The smallest absolute Gasteiger partial charge is 0.219 e. The molecule has 0 unspecified atom stereocenters. The van der Waals surface area contributed by atoms with Crippen molar-refractivity contribution in [2.75, 3.05) is 32.8 Å². The molecular formula is C23H33N5O2S. The fourth-order valence-electron chi connectivity index (χ4n) is 5.37. The van der Waals surface area contributed by atoms with Gasteiger partial charge in [-0.1, -0.05) is 12.1 Å². The molecule has 5 rings (SSSR count). The zero-order valence-corrected chi connectivity index (χ0v) is 19.5. The zero-order chi connectivity index (χ0) is 21.4. The van der Waals surface area contributed by atoms with Crippen molar-refractivity contribution < 1.29 is 9.53 Å². The fraction of sp³-hybridized carbons (Fsp3) is 0.696. The number of aryl methyl sites for hydroxylation is 1. The number of piperidine rings is 2. The van der Waals surface area contributed by atoms with Crippen molar-refractivity contribution in [2.24, 2.45) is 0 Å². The molecule has 0 aliphatic carbocycles. The molecule has 0 radical (unpaired) electrons. The van der Waals surface area contributed by atoms with Crippen LogP contribution in [0.5, 0.6) is 0 Å². The minimum absolute atomic E-state index is 0.0731. The molecule has 2 saturated heterocycles. The number of rotatable bonds is 4. The van der Waals surface area contributed by atoms with E-state index in [9.17, 15) is 4.79 Å². The van der Waals surface area contributed by atoms with Gasteiger partial charge in [-0.3, -0.25) is 9.69 Å². The first kappa shape index (κ1) is 21.1. The van der Waals surface area contributed by atoms with Crippen LogP contribution in [0, 0.1) is 0 Å². The Morgan fingerprint density at radius 3 is 2.74 bits per heavy atom. The Hall–Kier alpha value is -1.77. The van der Waals surface area contributed by atoms with Crippen molar-refractivity contribution in [3.8, 4) is 0 Å². The van der Waals surface area contributed by atoms with E-state index in [2.05, 4.69) is 34.4 Å². The Labute approximate surface area is 188 Å². The molecule has 2 aromatic rings. The number of carbonyl (C=O) groups excluding carboxylic acids is 1. The summed E-state index contributed by atoms with van der Waals surface area (Å²) in [6.45, 7) is 9.28. The van der Waals surface area contributed by atoms with Crippen LogP contribution in [0.15, 0.2) is 12.3 Å². The second-order valence-electron chi connectivity index (χ2n) is 9.20. The van der Waals surface area contributed by atoms with E-state index in [1.165, 1.54) is 10.4 Å².